The van der Waals surface area contributed by atoms with Gasteiger partial charge >= 0.3 is 0 Å². The van der Waals surface area contributed by atoms with Gasteiger partial charge in [-0.25, -0.2) is 13.4 Å². The molecule has 0 bridgehead atoms. The predicted octanol–water partition coefficient (Wildman–Crippen LogP) is 1.45. The van der Waals surface area contributed by atoms with Crippen molar-refractivity contribution >= 4 is 50.6 Å². The topological polar surface area (TPSA) is 99.3 Å². The minimum Gasteiger partial charge on any atom is -0.339 e. The molecule has 0 saturated carbocycles. The summed E-state index contributed by atoms with van der Waals surface area (Å²) in [6.45, 7) is 3.07. The Labute approximate surface area is 158 Å². The van der Waals surface area contributed by atoms with Crippen LogP contribution >= 0.6 is 34.7 Å². The van der Waals surface area contributed by atoms with Crippen LogP contribution in [0.5, 0.6) is 0 Å². The second kappa shape index (κ2) is 7.62. The van der Waals surface area contributed by atoms with Crippen LogP contribution in [-0.2, 0) is 14.8 Å². The molecule has 0 spiro atoms. The average molecular weight is 422 g/mol. The smallest absolute Gasteiger partial charge is 0.252 e. The number of piperazine rings is 1. The highest BCUT2D eigenvalue weighted by Gasteiger charge is 2.31. The van der Waals surface area contributed by atoms with Gasteiger partial charge in [0.15, 0.2) is 0 Å². The molecule has 8 nitrogen and oxygen atoms in total. The van der Waals surface area contributed by atoms with Crippen LogP contribution in [0.3, 0.4) is 0 Å². The Kier molecular flexibility index (Phi) is 5.68. The van der Waals surface area contributed by atoms with Gasteiger partial charge in [0.1, 0.15) is 10.0 Å². The number of thiophene rings is 1. The lowest BCUT2D eigenvalue weighted by Gasteiger charge is -2.33. The highest BCUT2D eigenvalue weighted by molar-refractivity contribution is 7.99. The van der Waals surface area contributed by atoms with Gasteiger partial charge in [-0.2, -0.15) is 4.31 Å². The van der Waals surface area contributed by atoms with Gasteiger partial charge in [-0.3, -0.25) is 9.89 Å². The molecule has 25 heavy (non-hydrogen) atoms. The van der Waals surface area contributed by atoms with Crippen LogP contribution < -0.4 is 0 Å². The summed E-state index contributed by atoms with van der Waals surface area (Å²) in [6.07, 6.45) is 0. The van der Waals surface area contributed by atoms with Crippen molar-refractivity contribution in [1.29, 1.82) is 0 Å². The van der Waals surface area contributed by atoms with E-state index in [1.165, 1.54) is 22.1 Å². The molecule has 1 saturated heterocycles. The number of aromatic amines is 1. The van der Waals surface area contributed by atoms with Crippen molar-refractivity contribution < 1.29 is 13.2 Å². The Hall–Kier alpha value is -1.14. The van der Waals surface area contributed by atoms with Crippen molar-refractivity contribution in [2.24, 2.45) is 0 Å². The molecule has 0 aliphatic carbocycles. The third-order valence-electron chi connectivity index (χ3n) is 3.64. The molecule has 2 aromatic rings. The zero-order valence-electron chi connectivity index (χ0n) is 13.3. The number of halogens is 1. The summed E-state index contributed by atoms with van der Waals surface area (Å²) in [5, 5.41) is 7.22. The number of aromatic nitrogens is 3. The fraction of sp³-hybridized carbons (Fsp3) is 0.462. The van der Waals surface area contributed by atoms with Crippen LogP contribution in [0, 0.1) is 6.92 Å². The summed E-state index contributed by atoms with van der Waals surface area (Å²) in [5.41, 5.74) is 0. The number of aryl methyl sites for hydroxylation is 1. The van der Waals surface area contributed by atoms with E-state index in [0.717, 1.165) is 11.3 Å². The number of hydrogen-bond donors (Lipinski definition) is 1. The second-order valence-corrected chi connectivity index (χ2v) is 10.2. The molecule has 0 aromatic carbocycles. The molecule has 0 radical (unpaired) electrons. The monoisotopic (exact) mass is 421 g/mol. The molecule has 1 N–H and O–H groups in total. The lowest BCUT2D eigenvalue weighted by Crippen LogP contribution is -2.50. The molecule has 0 atom stereocenters. The van der Waals surface area contributed by atoms with E-state index >= 15 is 0 Å². The summed E-state index contributed by atoms with van der Waals surface area (Å²) in [6, 6.07) is 3.08. The Morgan fingerprint density at radius 2 is 2.08 bits per heavy atom. The lowest BCUT2D eigenvalue weighted by molar-refractivity contribution is -0.129. The van der Waals surface area contributed by atoms with E-state index in [9.17, 15) is 13.2 Å². The maximum Gasteiger partial charge on any atom is 0.252 e. The number of carbonyl (C=O) groups is 1. The third kappa shape index (κ3) is 4.34. The predicted molar refractivity (Wildman–Crippen MR) is 96.5 cm³/mol. The van der Waals surface area contributed by atoms with Crippen molar-refractivity contribution in [1.82, 2.24) is 24.4 Å². The minimum absolute atomic E-state index is 0.0522. The summed E-state index contributed by atoms with van der Waals surface area (Å²) >= 11 is 8.12. The van der Waals surface area contributed by atoms with Crippen LogP contribution in [0.25, 0.3) is 0 Å². The Morgan fingerprint density at radius 3 is 2.64 bits per heavy atom. The Morgan fingerprint density at radius 1 is 1.36 bits per heavy atom. The number of sulfonamides is 1. The molecule has 3 heterocycles. The first-order valence-electron chi connectivity index (χ1n) is 7.41. The minimum atomic E-state index is -3.54. The van der Waals surface area contributed by atoms with E-state index in [-0.39, 0.29) is 29.0 Å². The van der Waals surface area contributed by atoms with E-state index in [2.05, 4.69) is 15.2 Å². The molecule has 12 heteroatoms. The normalized spacial score (nSPS) is 16.3. The van der Waals surface area contributed by atoms with Crippen LogP contribution in [0.4, 0.5) is 0 Å². The maximum absolute atomic E-state index is 12.5. The number of thioether (sulfide) groups is 1. The summed E-state index contributed by atoms with van der Waals surface area (Å²) < 4.78 is 27.1. The Balaban J connectivity index is 1.53. The van der Waals surface area contributed by atoms with Crippen LogP contribution in [0.1, 0.15) is 5.82 Å². The highest BCUT2D eigenvalue weighted by atomic mass is 35.5. The Bertz CT molecular complexity index is 858. The molecule has 136 valence electrons. The number of rotatable bonds is 5. The molecule has 1 amide bonds. The first-order valence-corrected chi connectivity index (χ1v) is 11.0. The van der Waals surface area contributed by atoms with Gasteiger partial charge in [0.2, 0.25) is 11.1 Å². The van der Waals surface area contributed by atoms with Gasteiger partial charge in [0.05, 0.1) is 10.1 Å². The van der Waals surface area contributed by atoms with E-state index in [4.69, 9.17) is 11.6 Å². The van der Waals surface area contributed by atoms with E-state index < -0.39 is 10.0 Å². The highest BCUT2D eigenvalue weighted by Crippen LogP contribution is 2.28. The van der Waals surface area contributed by atoms with Gasteiger partial charge in [-0.1, -0.05) is 23.4 Å². The summed E-state index contributed by atoms with van der Waals surface area (Å²) in [5.74, 6) is 0.871. The molecule has 2 aromatic heterocycles. The van der Waals surface area contributed by atoms with E-state index in [0.29, 0.717) is 28.4 Å². The number of hydrogen-bond acceptors (Lipinski definition) is 7. The molecular weight excluding hydrogens is 406 g/mol. The van der Waals surface area contributed by atoms with Crippen molar-refractivity contribution in [3.05, 3.63) is 22.3 Å². The van der Waals surface area contributed by atoms with Gasteiger partial charge < -0.3 is 4.90 Å². The van der Waals surface area contributed by atoms with Crippen molar-refractivity contribution in [2.75, 3.05) is 31.9 Å². The van der Waals surface area contributed by atoms with E-state index in [1.807, 2.05) is 0 Å². The van der Waals surface area contributed by atoms with Gasteiger partial charge in [0, 0.05) is 26.2 Å². The molecule has 1 fully saturated rings. The second-order valence-electron chi connectivity index (χ2n) is 5.34. The van der Waals surface area contributed by atoms with Crippen LogP contribution in [0.2, 0.25) is 4.34 Å². The SMILES string of the molecule is Cc1nc(SCC(=O)N2CCN(S(=O)(=O)c3ccc(Cl)s3)CC2)n[nH]1. The fourth-order valence-corrected chi connectivity index (χ4v) is 6.15. The number of H-pyrrole nitrogens is 1. The van der Waals surface area contributed by atoms with Crippen molar-refractivity contribution in [2.45, 2.75) is 16.3 Å². The first kappa shape index (κ1) is 18.6. The number of nitrogens with one attached hydrogen (secondary N) is 1. The summed E-state index contributed by atoms with van der Waals surface area (Å²) in [4.78, 5) is 18.1. The fourth-order valence-electron chi connectivity index (χ4n) is 2.35. The first-order chi connectivity index (χ1) is 11.9. The van der Waals surface area contributed by atoms with Crippen LogP contribution in [0.15, 0.2) is 21.5 Å². The number of nitrogens with zero attached hydrogens (tertiary/aromatic N) is 4. The maximum atomic E-state index is 12.5. The standard InChI is InChI=1S/C13H16ClN5O3S3/c1-9-15-13(17-16-9)23-8-11(20)18-4-6-19(7-5-18)25(21,22)12-3-2-10(14)24-12/h2-3H,4-8H2,1H3,(H,15,16,17). The molecular formula is C13H16ClN5O3S3. The molecule has 1 aliphatic rings. The van der Waals surface area contributed by atoms with E-state index in [1.54, 1.807) is 17.9 Å². The lowest BCUT2D eigenvalue weighted by atomic mass is 10.3. The zero-order chi connectivity index (χ0) is 18.0. The average Bonchev–Trinajstić information content (AvgIpc) is 3.21. The van der Waals surface area contributed by atoms with Crippen LogP contribution in [-0.4, -0.2) is 70.6 Å². The largest absolute Gasteiger partial charge is 0.339 e. The van der Waals surface area contributed by atoms with Gasteiger partial charge in [0.25, 0.3) is 10.0 Å². The number of carbonyl (C=O) groups excluding carboxylic acids is 1. The van der Waals surface area contributed by atoms with Gasteiger partial charge in [-0.05, 0) is 19.1 Å². The van der Waals surface area contributed by atoms with Crippen molar-refractivity contribution in [3.8, 4) is 0 Å². The zero-order valence-corrected chi connectivity index (χ0v) is 16.5. The third-order valence-corrected chi connectivity index (χ3v) is 8.06. The van der Waals surface area contributed by atoms with Crippen molar-refractivity contribution in [3.63, 3.8) is 0 Å². The number of amides is 1. The quantitative estimate of drug-likeness (QED) is 0.733. The van der Waals surface area contributed by atoms with Gasteiger partial charge in [-0.15, -0.1) is 16.4 Å². The molecule has 1 aliphatic heterocycles. The molecule has 3 rings (SSSR count). The summed E-state index contributed by atoms with van der Waals surface area (Å²) in [7, 11) is -3.54. The molecule has 0 unspecified atom stereocenters.